The highest BCUT2D eigenvalue weighted by molar-refractivity contribution is 5.99. The average molecular weight is 395 g/mol. The van der Waals surface area contributed by atoms with Crippen LogP contribution in [0.15, 0.2) is 48.5 Å². The van der Waals surface area contributed by atoms with E-state index in [4.69, 9.17) is 4.74 Å². The van der Waals surface area contributed by atoms with Crippen LogP contribution in [0.1, 0.15) is 34.7 Å². The first-order valence-electron chi connectivity index (χ1n) is 9.45. The number of methoxy groups -OCH3 is 1. The van der Waals surface area contributed by atoms with Gasteiger partial charge in [-0.1, -0.05) is 30.3 Å². The van der Waals surface area contributed by atoms with E-state index >= 15 is 0 Å². The number of benzene rings is 2. The van der Waals surface area contributed by atoms with Gasteiger partial charge in [-0.25, -0.2) is 0 Å². The lowest BCUT2D eigenvalue weighted by atomic mass is 10.1. The van der Waals surface area contributed by atoms with Crippen molar-refractivity contribution < 1.29 is 19.2 Å². The number of rotatable bonds is 6. The summed E-state index contributed by atoms with van der Waals surface area (Å²) >= 11 is 0. The van der Waals surface area contributed by atoms with Crippen molar-refractivity contribution >= 4 is 17.5 Å². The van der Waals surface area contributed by atoms with E-state index in [1.54, 1.807) is 0 Å². The maximum Gasteiger partial charge on any atom is 0.282 e. The number of ether oxygens (including phenoxy) is 1. The minimum Gasteiger partial charge on any atom is -0.497 e. The van der Waals surface area contributed by atoms with E-state index in [0.29, 0.717) is 18.2 Å². The van der Waals surface area contributed by atoms with Crippen molar-refractivity contribution in [2.45, 2.75) is 30.8 Å². The molecule has 2 amide bonds. The highest BCUT2D eigenvalue weighted by Crippen LogP contribution is 2.45. The van der Waals surface area contributed by atoms with Crippen LogP contribution in [0.5, 0.6) is 5.75 Å². The normalized spacial score (nSPS) is 23.0. The van der Waals surface area contributed by atoms with Crippen molar-refractivity contribution in [3.8, 4) is 5.75 Å². The molecule has 0 bridgehead atoms. The minimum atomic E-state index is -0.602. The summed E-state index contributed by atoms with van der Waals surface area (Å²) < 4.78 is 5.07. The Hall–Kier alpha value is -3.42. The zero-order chi connectivity index (χ0) is 20.5. The number of nitro groups is 1. The monoisotopic (exact) mass is 395 g/mol. The molecule has 3 unspecified atom stereocenters. The Kier molecular flexibility index (Phi) is 4.92. The summed E-state index contributed by atoms with van der Waals surface area (Å²) in [7, 11) is 1.43. The maximum absolute atomic E-state index is 12.7. The van der Waals surface area contributed by atoms with Gasteiger partial charge in [0.25, 0.3) is 11.6 Å². The van der Waals surface area contributed by atoms with E-state index in [9.17, 15) is 19.7 Å². The van der Waals surface area contributed by atoms with Crippen molar-refractivity contribution in [1.29, 1.82) is 0 Å². The standard InChI is InChI=1S/C21H21N3O5/c1-29-15-7-8-18(24(27)28)17(10-15)21(26)22-14-9-20(25)23(12-14)19-11-16(19)13-5-3-2-4-6-13/h2-8,10,14,16,19H,9,11-12H2,1H3,(H,22,26). The quantitative estimate of drug-likeness (QED) is 0.598. The smallest absolute Gasteiger partial charge is 0.282 e. The Bertz CT molecular complexity index is 962. The van der Waals surface area contributed by atoms with Gasteiger partial charge in [0.2, 0.25) is 5.91 Å². The van der Waals surface area contributed by atoms with Gasteiger partial charge in [-0.05, 0) is 24.1 Å². The van der Waals surface area contributed by atoms with Gasteiger partial charge in [0.15, 0.2) is 0 Å². The molecule has 1 aliphatic carbocycles. The molecule has 1 heterocycles. The van der Waals surface area contributed by atoms with E-state index in [1.807, 2.05) is 23.1 Å². The number of amides is 2. The molecule has 0 radical (unpaired) electrons. The molecule has 1 saturated carbocycles. The van der Waals surface area contributed by atoms with E-state index < -0.39 is 10.8 Å². The molecule has 2 aliphatic rings. The molecule has 1 N–H and O–H groups in total. The highest BCUT2D eigenvalue weighted by atomic mass is 16.6. The average Bonchev–Trinajstić information content (AvgIpc) is 3.44. The number of hydrogen-bond donors (Lipinski definition) is 1. The van der Waals surface area contributed by atoms with Gasteiger partial charge in [-0.15, -0.1) is 0 Å². The summed E-state index contributed by atoms with van der Waals surface area (Å²) in [6, 6.07) is 13.9. The van der Waals surface area contributed by atoms with Crippen LogP contribution in [-0.4, -0.2) is 47.4 Å². The fraction of sp³-hybridized carbons (Fsp3) is 0.333. The third-order valence-electron chi connectivity index (χ3n) is 5.52. The second-order valence-corrected chi connectivity index (χ2v) is 7.38. The van der Waals surface area contributed by atoms with Crippen molar-refractivity contribution in [2.24, 2.45) is 0 Å². The highest BCUT2D eigenvalue weighted by Gasteiger charge is 2.48. The molecule has 8 nitrogen and oxygen atoms in total. The molecule has 2 aromatic carbocycles. The van der Waals surface area contributed by atoms with Gasteiger partial charge in [-0.3, -0.25) is 19.7 Å². The van der Waals surface area contributed by atoms with Crippen molar-refractivity contribution in [3.63, 3.8) is 0 Å². The Labute approximate surface area is 167 Å². The topological polar surface area (TPSA) is 102 Å². The van der Waals surface area contributed by atoms with Crippen LogP contribution in [0, 0.1) is 10.1 Å². The number of likely N-dealkylation sites (tertiary alicyclic amines) is 1. The summed E-state index contributed by atoms with van der Waals surface area (Å²) in [5, 5.41) is 14.0. The SMILES string of the molecule is COc1ccc([N+](=O)[O-])c(C(=O)NC2CC(=O)N(C3CC3c3ccccc3)C2)c1. The molecule has 29 heavy (non-hydrogen) atoms. The number of carbonyl (C=O) groups is 2. The number of nitro benzene ring substituents is 1. The molecule has 2 aromatic rings. The molecule has 0 spiro atoms. The summed E-state index contributed by atoms with van der Waals surface area (Å²) in [6.07, 6.45) is 1.11. The van der Waals surface area contributed by atoms with E-state index in [0.717, 1.165) is 6.42 Å². The minimum absolute atomic E-state index is 0.00104. The third kappa shape index (κ3) is 3.78. The van der Waals surface area contributed by atoms with Gasteiger partial charge >= 0.3 is 0 Å². The molecule has 150 valence electrons. The summed E-state index contributed by atoms with van der Waals surface area (Å²) in [4.78, 5) is 37.6. The van der Waals surface area contributed by atoms with Crippen molar-refractivity contribution in [3.05, 3.63) is 69.8 Å². The molecule has 0 aromatic heterocycles. The molecular weight excluding hydrogens is 374 g/mol. The predicted octanol–water partition coefficient (Wildman–Crippen LogP) is 2.49. The first-order chi connectivity index (χ1) is 14.0. The van der Waals surface area contributed by atoms with Crippen LogP contribution in [0.3, 0.4) is 0 Å². The lowest BCUT2D eigenvalue weighted by Crippen LogP contribution is -2.38. The first kappa shape index (κ1) is 18.9. The molecule has 4 rings (SSSR count). The Morgan fingerprint density at radius 2 is 2.00 bits per heavy atom. The van der Waals surface area contributed by atoms with Crippen LogP contribution in [0.2, 0.25) is 0 Å². The van der Waals surface area contributed by atoms with Gasteiger partial charge in [0, 0.05) is 31.0 Å². The summed E-state index contributed by atoms with van der Waals surface area (Å²) in [5.41, 5.74) is 0.842. The van der Waals surface area contributed by atoms with Gasteiger partial charge in [0.1, 0.15) is 11.3 Å². The lowest BCUT2D eigenvalue weighted by Gasteiger charge is -2.17. The van der Waals surface area contributed by atoms with Crippen LogP contribution >= 0.6 is 0 Å². The van der Waals surface area contributed by atoms with Crippen LogP contribution < -0.4 is 10.1 Å². The zero-order valence-electron chi connectivity index (χ0n) is 15.9. The number of nitrogens with zero attached hydrogens (tertiary/aromatic N) is 2. The molecular formula is C21H21N3O5. The van der Waals surface area contributed by atoms with E-state index in [1.165, 1.54) is 30.9 Å². The molecule has 1 aliphatic heterocycles. The van der Waals surface area contributed by atoms with E-state index in [2.05, 4.69) is 17.4 Å². The lowest BCUT2D eigenvalue weighted by molar-refractivity contribution is -0.385. The number of hydrogen-bond acceptors (Lipinski definition) is 5. The molecule has 2 fully saturated rings. The Morgan fingerprint density at radius 3 is 2.69 bits per heavy atom. The third-order valence-corrected chi connectivity index (χ3v) is 5.52. The van der Waals surface area contributed by atoms with Gasteiger partial charge in [0.05, 0.1) is 18.1 Å². The molecule has 3 atom stereocenters. The summed E-state index contributed by atoms with van der Waals surface area (Å²) in [6.45, 7) is 0.413. The number of nitrogens with one attached hydrogen (secondary N) is 1. The predicted molar refractivity (Wildman–Crippen MR) is 105 cm³/mol. The van der Waals surface area contributed by atoms with Gasteiger partial charge in [-0.2, -0.15) is 0 Å². The summed E-state index contributed by atoms with van der Waals surface area (Å²) in [5.74, 6) is 0.104. The molecule has 1 saturated heterocycles. The van der Waals surface area contributed by atoms with E-state index in [-0.39, 0.29) is 35.7 Å². The largest absolute Gasteiger partial charge is 0.497 e. The first-order valence-corrected chi connectivity index (χ1v) is 9.45. The fourth-order valence-corrected chi connectivity index (χ4v) is 3.98. The molecule has 8 heteroatoms. The van der Waals surface area contributed by atoms with Crippen LogP contribution in [0.4, 0.5) is 5.69 Å². The Morgan fingerprint density at radius 1 is 1.24 bits per heavy atom. The number of carbonyl (C=O) groups excluding carboxylic acids is 2. The Balaban J connectivity index is 1.43. The van der Waals surface area contributed by atoms with Crippen molar-refractivity contribution in [1.82, 2.24) is 10.2 Å². The van der Waals surface area contributed by atoms with Crippen LogP contribution in [0.25, 0.3) is 0 Å². The maximum atomic E-state index is 12.7. The van der Waals surface area contributed by atoms with Crippen molar-refractivity contribution in [2.75, 3.05) is 13.7 Å². The van der Waals surface area contributed by atoms with Crippen LogP contribution in [-0.2, 0) is 4.79 Å². The zero-order valence-corrected chi connectivity index (χ0v) is 15.9. The second-order valence-electron chi connectivity index (χ2n) is 7.38. The fourth-order valence-electron chi connectivity index (χ4n) is 3.98. The van der Waals surface area contributed by atoms with Gasteiger partial charge < -0.3 is 15.0 Å². The second kappa shape index (κ2) is 7.54.